The van der Waals surface area contributed by atoms with Crippen LogP contribution >= 0.6 is 11.6 Å². The molecule has 32 heavy (non-hydrogen) atoms. The van der Waals surface area contributed by atoms with Crippen molar-refractivity contribution in [2.24, 2.45) is 0 Å². The van der Waals surface area contributed by atoms with Crippen molar-refractivity contribution in [3.05, 3.63) is 74.1 Å². The normalized spacial score (nSPS) is 13.6. The first kappa shape index (κ1) is 22.4. The number of halogens is 1. The number of aryl methyl sites for hydroxylation is 2. The molecule has 0 radical (unpaired) electrons. The van der Waals surface area contributed by atoms with Gasteiger partial charge in [-0.25, -0.2) is 4.79 Å². The number of nitrogens with zero attached hydrogens (tertiary/aromatic N) is 1. The fourth-order valence-corrected chi connectivity index (χ4v) is 4.17. The summed E-state index contributed by atoms with van der Waals surface area (Å²) >= 11 is 5.98. The van der Waals surface area contributed by atoms with Crippen LogP contribution in [-0.4, -0.2) is 30.8 Å². The van der Waals surface area contributed by atoms with Crippen LogP contribution in [0.25, 0.3) is 11.0 Å². The summed E-state index contributed by atoms with van der Waals surface area (Å²) in [6, 6.07) is 11.3. The fraction of sp³-hybridized carbons (Fsp3) is 0.360. The van der Waals surface area contributed by atoms with Gasteiger partial charge in [0, 0.05) is 36.0 Å². The van der Waals surface area contributed by atoms with E-state index in [1.165, 1.54) is 11.6 Å². The minimum atomic E-state index is -0.380. The number of rotatable bonds is 7. The lowest BCUT2D eigenvalue weighted by Gasteiger charge is -2.31. The van der Waals surface area contributed by atoms with E-state index in [1.54, 1.807) is 6.92 Å². The number of ether oxygens (including phenoxy) is 2. The second-order valence-electron chi connectivity index (χ2n) is 7.98. The lowest BCUT2D eigenvalue weighted by Crippen LogP contribution is -2.34. The van der Waals surface area contributed by atoms with Crippen LogP contribution in [0.5, 0.6) is 5.75 Å². The highest BCUT2D eigenvalue weighted by atomic mass is 35.5. The van der Waals surface area contributed by atoms with Crippen molar-refractivity contribution in [2.45, 2.75) is 39.7 Å². The minimum absolute atomic E-state index is 0.238. The van der Waals surface area contributed by atoms with Crippen molar-refractivity contribution in [2.75, 3.05) is 19.9 Å². The van der Waals surface area contributed by atoms with E-state index in [-0.39, 0.29) is 18.0 Å². The molecular formula is C25H26ClNO5. The molecule has 6 nitrogen and oxygen atoms in total. The molecule has 4 rings (SSSR count). The average molecular weight is 456 g/mol. The molecule has 0 bridgehead atoms. The van der Waals surface area contributed by atoms with E-state index in [4.69, 9.17) is 25.5 Å². The van der Waals surface area contributed by atoms with E-state index in [1.807, 2.05) is 37.3 Å². The Hall–Kier alpha value is -2.83. The highest BCUT2D eigenvalue weighted by Gasteiger charge is 2.25. The van der Waals surface area contributed by atoms with Crippen LogP contribution < -0.4 is 10.4 Å². The van der Waals surface area contributed by atoms with Gasteiger partial charge in [0.1, 0.15) is 18.1 Å². The molecule has 0 spiro atoms. The largest absolute Gasteiger partial charge is 0.477 e. The minimum Gasteiger partial charge on any atom is -0.477 e. The van der Waals surface area contributed by atoms with Crippen molar-refractivity contribution >= 4 is 28.5 Å². The van der Waals surface area contributed by atoms with Gasteiger partial charge < -0.3 is 13.9 Å². The Morgan fingerprint density at radius 3 is 2.72 bits per heavy atom. The molecule has 0 amide bonds. The lowest BCUT2D eigenvalue weighted by atomic mass is 9.97. The summed E-state index contributed by atoms with van der Waals surface area (Å²) in [4.78, 5) is 26.2. The molecule has 1 aliphatic heterocycles. The zero-order valence-corrected chi connectivity index (χ0v) is 19.0. The van der Waals surface area contributed by atoms with Crippen molar-refractivity contribution in [3.8, 4) is 5.75 Å². The van der Waals surface area contributed by atoms with Crippen molar-refractivity contribution in [1.82, 2.24) is 4.90 Å². The number of hydrogen-bond donors (Lipinski definition) is 0. The summed E-state index contributed by atoms with van der Waals surface area (Å²) < 4.78 is 16.8. The van der Waals surface area contributed by atoms with Gasteiger partial charge in [-0.1, -0.05) is 23.7 Å². The van der Waals surface area contributed by atoms with E-state index in [2.05, 4.69) is 4.90 Å². The SMILES string of the molecule is CCOC(=O)CCc1cc2c(C)cc(=O)oc2c2c1OCN(CCc1ccc(Cl)cc1)C2. The Balaban J connectivity index is 1.62. The molecule has 0 unspecified atom stereocenters. The molecule has 1 aromatic heterocycles. The van der Waals surface area contributed by atoms with Gasteiger partial charge in [0.2, 0.25) is 0 Å². The molecule has 168 valence electrons. The van der Waals surface area contributed by atoms with Gasteiger partial charge in [-0.15, -0.1) is 0 Å². The molecule has 0 aliphatic carbocycles. The van der Waals surface area contributed by atoms with Crippen LogP contribution in [0, 0.1) is 6.92 Å². The molecule has 3 aromatic rings. The topological polar surface area (TPSA) is 69.0 Å². The number of fused-ring (bicyclic) bond motifs is 3. The van der Waals surface area contributed by atoms with E-state index < -0.39 is 0 Å². The Kier molecular flexibility index (Phi) is 6.82. The number of carbonyl (C=O) groups excluding carboxylic acids is 1. The highest BCUT2D eigenvalue weighted by molar-refractivity contribution is 6.30. The van der Waals surface area contributed by atoms with Crippen molar-refractivity contribution in [1.29, 1.82) is 0 Å². The summed E-state index contributed by atoms with van der Waals surface area (Å²) in [7, 11) is 0. The molecule has 0 N–H and O–H groups in total. The zero-order valence-electron chi connectivity index (χ0n) is 18.3. The van der Waals surface area contributed by atoms with Gasteiger partial charge in [-0.3, -0.25) is 9.69 Å². The third-order valence-corrected chi connectivity index (χ3v) is 5.92. The van der Waals surface area contributed by atoms with Crippen molar-refractivity contribution < 1.29 is 18.7 Å². The summed E-state index contributed by atoms with van der Waals surface area (Å²) in [5.41, 5.74) is 3.99. The predicted molar refractivity (Wildman–Crippen MR) is 123 cm³/mol. The molecule has 1 aliphatic rings. The maximum atomic E-state index is 12.1. The number of carbonyl (C=O) groups is 1. The van der Waals surface area contributed by atoms with Crippen LogP contribution in [0.1, 0.15) is 35.6 Å². The van der Waals surface area contributed by atoms with Gasteiger partial charge in [-0.05, 0) is 61.6 Å². The fourth-order valence-electron chi connectivity index (χ4n) is 4.04. The molecule has 0 saturated carbocycles. The molecule has 7 heteroatoms. The third-order valence-electron chi connectivity index (χ3n) is 5.67. The van der Waals surface area contributed by atoms with Crippen LogP contribution in [0.2, 0.25) is 5.02 Å². The maximum absolute atomic E-state index is 12.1. The average Bonchev–Trinajstić information content (AvgIpc) is 2.77. The second-order valence-corrected chi connectivity index (χ2v) is 8.41. The molecule has 0 saturated heterocycles. The Morgan fingerprint density at radius 1 is 1.19 bits per heavy atom. The van der Waals surface area contributed by atoms with Gasteiger partial charge in [0.15, 0.2) is 0 Å². The second kappa shape index (κ2) is 9.76. The predicted octanol–water partition coefficient (Wildman–Crippen LogP) is 4.65. The van der Waals surface area contributed by atoms with Crippen LogP contribution in [0.3, 0.4) is 0 Å². The molecule has 2 heterocycles. The molecular weight excluding hydrogens is 430 g/mol. The number of benzene rings is 2. The number of hydrogen-bond acceptors (Lipinski definition) is 6. The quantitative estimate of drug-likeness (QED) is 0.381. The molecule has 0 atom stereocenters. The first-order chi connectivity index (χ1) is 15.4. The third kappa shape index (κ3) is 4.97. The number of esters is 1. The van der Waals surface area contributed by atoms with E-state index in [0.717, 1.165) is 40.1 Å². The summed E-state index contributed by atoms with van der Waals surface area (Å²) in [6.07, 6.45) is 1.62. The summed E-state index contributed by atoms with van der Waals surface area (Å²) in [6.45, 7) is 5.85. The monoisotopic (exact) mass is 455 g/mol. The van der Waals surface area contributed by atoms with Gasteiger partial charge >= 0.3 is 11.6 Å². The first-order valence-electron chi connectivity index (χ1n) is 10.8. The van der Waals surface area contributed by atoms with Gasteiger partial charge in [-0.2, -0.15) is 0 Å². The maximum Gasteiger partial charge on any atom is 0.336 e. The van der Waals surface area contributed by atoms with E-state index in [0.29, 0.717) is 37.6 Å². The summed E-state index contributed by atoms with van der Waals surface area (Å²) in [5, 5.41) is 1.58. The first-order valence-corrected chi connectivity index (χ1v) is 11.2. The Morgan fingerprint density at radius 2 is 1.97 bits per heavy atom. The lowest BCUT2D eigenvalue weighted by molar-refractivity contribution is -0.143. The zero-order chi connectivity index (χ0) is 22.7. The van der Waals surface area contributed by atoms with Crippen LogP contribution in [0.15, 0.2) is 45.6 Å². The van der Waals surface area contributed by atoms with Crippen LogP contribution in [-0.2, 0) is 28.9 Å². The Bertz CT molecular complexity index is 1190. The van der Waals surface area contributed by atoms with Crippen molar-refractivity contribution in [3.63, 3.8) is 0 Å². The Labute approximate surface area is 191 Å². The highest BCUT2D eigenvalue weighted by Crippen LogP contribution is 2.37. The van der Waals surface area contributed by atoms with E-state index >= 15 is 0 Å². The van der Waals surface area contributed by atoms with Gasteiger partial charge in [0.05, 0.1) is 12.2 Å². The smallest absolute Gasteiger partial charge is 0.336 e. The van der Waals surface area contributed by atoms with Crippen LogP contribution in [0.4, 0.5) is 0 Å². The van der Waals surface area contributed by atoms with Gasteiger partial charge in [0.25, 0.3) is 0 Å². The molecule has 0 fully saturated rings. The standard InChI is InChI=1S/C25H26ClNO5/c1-3-30-22(28)9-6-18-13-20-16(2)12-23(29)32-25(20)21-14-27(15-31-24(18)21)11-10-17-4-7-19(26)8-5-17/h4-5,7-8,12-13H,3,6,9-11,14-15H2,1-2H3. The molecule has 2 aromatic carbocycles. The van der Waals surface area contributed by atoms with E-state index in [9.17, 15) is 9.59 Å². The summed E-state index contributed by atoms with van der Waals surface area (Å²) in [5.74, 6) is 0.469.